The molecule has 0 fully saturated rings. The molecule has 2 rings (SSSR count). The molecule has 0 aliphatic heterocycles. The Hall–Kier alpha value is -1.23. The summed E-state index contributed by atoms with van der Waals surface area (Å²) in [5, 5.41) is 1.10. The molecule has 0 saturated carbocycles. The van der Waals surface area contributed by atoms with Crippen LogP contribution < -0.4 is 4.72 Å². The molecule has 0 unspecified atom stereocenters. The fourth-order valence-corrected chi connectivity index (χ4v) is 3.49. The maximum Gasteiger partial charge on any atom is 0.262 e. The van der Waals surface area contributed by atoms with Gasteiger partial charge in [-0.3, -0.25) is 4.72 Å². The molecule has 0 saturated heterocycles. The molecule has 6 heteroatoms. The van der Waals surface area contributed by atoms with Crippen LogP contribution in [0.3, 0.4) is 0 Å². The zero-order valence-electron chi connectivity index (χ0n) is 10.9. The summed E-state index contributed by atoms with van der Waals surface area (Å²) in [5.74, 6) is 0. The Kier molecular flexibility index (Phi) is 4.28. The van der Waals surface area contributed by atoms with E-state index < -0.39 is 10.0 Å². The maximum atomic E-state index is 12.4. The SMILES string of the molecule is Cc1cc(S(=O)(=O)Nc2ccc(Cl)cc2)c(C)cc1Cl. The predicted octanol–water partition coefficient (Wildman–Crippen LogP) is 4.41. The lowest BCUT2D eigenvalue weighted by Gasteiger charge is -2.12. The van der Waals surface area contributed by atoms with Crippen molar-refractivity contribution in [1.29, 1.82) is 0 Å². The third-order valence-electron chi connectivity index (χ3n) is 2.84. The Balaban J connectivity index is 2.40. The first-order valence-electron chi connectivity index (χ1n) is 5.85. The Labute approximate surface area is 128 Å². The van der Waals surface area contributed by atoms with Gasteiger partial charge >= 0.3 is 0 Å². The summed E-state index contributed by atoms with van der Waals surface area (Å²) in [4.78, 5) is 0.217. The number of sulfonamides is 1. The van der Waals surface area contributed by atoms with Crippen molar-refractivity contribution >= 4 is 38.9 Å². The Morgan fingerprint density at radius 2 is 1.55 bits per heavy atom. The van der Waals surface area contributed by atoms with Crippen molar-refractivity contribution in [1.82, 2.24) is 0 Å². The van der Waals surface area contributed by atoms with Gasteiger partial charge in [0.25, 0.3) is 10.0 Å². The number of hydrogen-bond donors (Lipinski definition) is 1. The third kappa shape index (κ3) is 3.26. The van der Waals surface area contributed by atoms with E-state index >= 15 is 0 Å². The highest BCUT2D eigenvalue weighted by Crippen LogP contribution is 2.25. The van der Waals surface area contributed by atoms with Crippen molar-refractivity contribution in [3.05, 3.63) is 57.6 Å². The van der Waals surface area contributed by atoms with Crippen molar-refractivity contribution in [2.75, 3.05) is 4.72 Å². The first-order valence-corrected chi connectivity index (χ1v) is 8.08. The highest BCUT2D eigenvalue weighted by molar-refractivity contribution is 7.92. The van der Waals surface area contributed by atoms with Gasteiger partial charge in [0, 0.05) is 15.7 Å². The van der Waals surface area contributed by atoms with Crippen LogP contribution in [0.15, 0.2) is 41.3 Å². The summed E-state index contributed by atoms with van der Waals surface area (Å²) in [6.45, 7) is 3.48. The summed E-state index contributed by atoms with van der Waals surface area (Å²) in [7, 11) is -3.65. The average Bonchev–Trinajstić information content (AvgIpc) is 2.36. The molecule has 106 valence electrons. The van der Waals surface area contributed by atoms with E-state index in [1.54, 1.807) is 50.2 Å². The van der Waals surface area contributed by atoms with E-state index in [0.717, 1.165) is 0 Å². The monoisotopic (exact) mass is 329 g/mol. The van der Waals surface area contributed by atoms with Crippen LogP contribution in [0.1, 0.15) is 11.1 Å². The third-order valence-corrected chi connectivity index (χ3v) is 5.02. The molecule has 2 aromatic carbocycles. The van der Waals surface area contributed by atoms with Crippen molar-refractivity contribution in [2.45, 2.75) is 18.7 Å². The summed E-state index contributed by atoms with van der Waals surface area (Å²) < 4.78 is 27.3. The summed E-state index contributed by atoms with van der Waals surface area (Å²) >= 11 is 11.8. The zero-order valence-corrected chi connectivity index (χ0v) is 13.3. The van der Waals surface area contributed by atoms with E-state index in [1.165, 1.54) is 0 Å². The lowest BCUT2D eigenvalue weighted by Crippen LogP contribution is -2.14. The standard InChI is InChI=1S/C14H13Cl2NO2S/c1-9-8-14(10(2)7-13(9)16)20(18,19)17-12-5-3-11(15)4-6-12/h3-8,17H,1-2H3. The number of halogens is 2. The lowest BCUT2D eigenvalue weighted by molar-refractivity contribution is 0.600. The average molecular weight is 330 g/mol. The molecule has 1 N–H and O–H groups in total. The van der Waals surface area contributed by atoms with E-state index in [1.807, 2.05) is 0 Å². The fourth-order valence-electron chi connectivity index (χ4n) is 1.77. The normalized spacial score (nSPS) is 11.4. The van der Waals surface area contributed by atoms with Gasteiger partial charge < -0.3 is 0 Å². The second-order valence-electron chi connectivity index (χ2n) is 4.48. The van der Waals surface area contributed by atoms with Gasteiger partial charge in [0.15, 0.2) is 0 Å². The zero-order chi connectivity index (χ0) is 14.9. The molecule has 0 aromatic heterocycles. The Morgan fingerprint density at radius 1 is 0.950 bits per heavy atom. The van der Waals surface area contributed by atoms with Crippen molar-refractivity contribution in [3.63, 3.8) is 0 Å². The molecular formula is C14H13Cl2NO2S. The minimum atomic E-state index is -3.65. The van der Waals surface area contributed by atoms with E-state index in [0.29, 0.717) is 26.9 Å². The first kappa shape index (κ1) is 15.2. The van der Waals surface area contributed by atoms with Gasteiger partial charge in [-0.25, -0.2) is 8.42 Å². The predicted molar refractivity (Wildman–Crippen MR) is 83.2 cm³/mol. The van der Waals surface area contributed by atoms with Gasteiger partial charge in [0.05, 0.1) is 4.90 Å². The summed E-state index contributed by atoms with van der Waals surface area (Å²) in [6.07, 6.45) is 0. The maximum absolute atomic E-state index is 12.4. The van der Waals surface area contributed by atoms with Crippen molar-refractivity contribution in [3.8, 4) is 0 Å². The first-order chi connectivity index (χ1) is 9.29. The van der Waals surface area contributed by atoms with E-state index in [9.17, 15) is 8.42 Å². The second kappa shape index (κ2) is 5.64. The van der Waals surface area contributed by atoms with Gasteiger partial charge in [-0.1, -0.05) is 23.2 Å². The van der Waals surface area contributed by atoms with Crippen LogP contribution in [-0.2, 0) is 10.0 Å². The molecule has 0 amide bonds. The summed E-state index contributed by atoms with van der Waals surface area (Å²) in [5.41, 5.74) is 1.78. The fraction of sp³-hybridized carbons (Fsp3) is 0.143. The molecule has 3 nitrogen and oxygen atoms in total. The Bertz CT molecular complexity index is 741. The molecule has 0 spiro atoms. The molecule has 0 bridgehead atoms. The van der Waals surface area contributed by atoms with Gasteiger partial charge in [-0.2, -0.15) is 0 Å². The number of benzene rings is 2. The summed E-state index contributed by atoms with van der Waals surface area (Å²) in [6, 6.07) is 9.68. The molecule has 0 heterocycles. The molecule has 0 atom stereocenters. The van der Waals surface area contributed by atoms with Crippen LogP contribution in [0.5, 0.6) is 0 Å². The largest absolute Gasteiger partial charge is 0.280 e. The molecule has 20 heavy (non-hydrogen) atoms. The molecule has 0 aliphatic rings. The van der Waals surface area contributed by atoms with Crippen LogP contribution in [0.4, 0.5) is 5.69 Å². The quantitative estimate of drug-likeness (QED) is 0.906. The van der Waals surface area contributed by atoms with Gasteiger partial charge in [0.1, 0.15) is 0 Å². The number of rotatable bonds is 3. The lowest BCUT2D eigenvalue weighted by atomic mass is 10.2. The minimum Gasteiger partial charge on any atom is -0.280 e. The van der Waals surface area contributed by atoms with Gasteiger partial charge in [-0.05, 0) is 61.4 Å². The second-order valence-corrected chi connectivity index (χ2v) is 6.97. The Morgan fingerprint density at radius 3 is 2.15 bits per heavy atom. The van der Waals surface area contributed by atoms with E-state index in [2.05, 4.69) is 4.72 Å². The van der Waals surface area contributed by atoms with Crippen LogP contribution >= 0.6 is 23.2 Å². The van der Waals surface area contributed by atoms with Crippen LogP contribution in [-0.4, -0.2) is 8.42 Å². The van der Waals surface area contributed by atoms with E-state index in [-0.39, 0.29) is 4.90 Å². The number of hydrogen-bond acceptors (Lipinski definition) is 2. The van der Waals surface area contributed by atoms with Crippen LogP contribution in [0.2, 0.25) is 10.0 Å². The smallest absolute Gasteiger partial charge is 0.262 e. The molecular weight excluding hydrogens is 317 g/mol. The molecule has 2 aromatic rings. The highest BCUT2D eigenvalue weighted by atomic mass is 35.5. The molecule has 0 aliphatic carbocycles. The van der Waals surface area contributed by atoms with Crippen LogP contribution in [0.25, 0.3) is 0 Å². The number of anilines is 1. The number of aryl methyl sites for hydroxylation is 2. The van der Waals surface area contributed by atoms with Crippen LogP contribution in [0, 0.1) is 13.8 Å². The minimum absolute atomic E-state index is 0.217. The number of nitrogens with one attached hydrogen (secondary N) is 1. The molecule has 0 radical (unpaired) electrons. The topological polar surface area (TPSA) is 46.2 Å². The van der Waals surface area contributed by atoms with Gasteiger partial charge in [-0.15, -0.1) is 0 Å². The highest BCUT2D eigenvalue weighted by Gasteiger charge is 2.18. The van der Waals surface area contributed by atoms with Crippen molar-refractivity contribution < 1.29 is 8.42 Å². The van der Waals surface area contributed by atoms with Gasteiger partial charge in [0.2, 0.25) is 0 Å². The van der Waals surface area contributed by atoms with E-state index in [4.69, 9.17) is 23.2 Å². The van der Waals surface area contributed by atoms with Crippen molar-refractivity contribution in [2.24, 2.45) is 0 Å².